The molecule has 6 nitrogen and oxygen atoms in total. The van der Waals surface area contributed by atoms with Gasteiger partial charge >= 0.3 is 0 Å². The van der Waals surface area contributed by atoms with E-state index in [0.29, 0.717) is 31.2 Å². The quantitative estimate of drug-likeness (QED) is 0.679. The molecule has 1 aromatic heterocycles. The fourth-order valence-electron chi connectivity index (χ4n) is 1.32. The fourth-order valence-corrected chi connectivity index (χ4v) is 1.32. The molecular weight excluding hydrogens is 232 g/mol. The molecule has 3 N–H and O–H groups in total. The zero-order valence-electron chi connectivity index (χ0n) is 11.4. The largest absolute Gasteiger partial charge is 0.388 e. The monoisotopic (exact) mass is 254 g/mol. The van der Waals surface area contributed by atoms with Crippen molar-refractivity contribution >= 4 is 11.6 Å². The molecule has 0 aliphatic heterocycles. The van der Waals surface area contributed by atoms with Gasteiger partial charge in [0.2, 0.25) is 0 Å². The van der Waals surface area contributed by atoms with Crippen LogP contribution in [0.5, 0.6) is 0 Å². The van der Waals surface area contributed by atoms with E-state index in [1.54, 1.807) is 27.1 Å². The standard InChI is InChI=1S/C12H22N4O2/c1-5-12(2,17)8-14-10-6-9(13-3)15-11(16-10)7-18-4/h6,17H,5,7-8H2,1-4H3,(H2,13,14,15,16). The van der Waals surface area contributed by atoms with Crippen molar-refractivity contribution in [3.63, 3.8) is 0 Å². The van der Waals surface area contributed by atoms with E-state index in [-0.39, 0.29) is 0 Å². The molecule has 1 heterocycles. The van der Waals surface area contributed by atoms with E-state index in [1.165, 1.54) is 0 Å². The topological polar surface area (TPSA) is 79.3 Å². The van der Waals surface area contributed by atoms with Crippen molar-refractivity contribution in [3.8, 4) is 0 Å². The first kappa shape index (κ1) is 14.7. The Kier molecular flexibility index (Phi) is 5.30. The van der Waals surface area contributed by atoms with Crippen LogP contribution in [0.3, 0.4) is 0 Å². The Morgan fingerprint density at radius 3 is 2.61 bits per heavy atom. The Hall–Kier alpha value is -1.40. The number of hydrogen-bond acceptors (Lipinski definition) is 6. The average Bonchev–Trinajstić information content (AvgIpc) is 2.37. The highest BCUT2D eigenvalue weighted by Gasteiger charge is 2.17. The summed E-state index contributed by atoms with van der Waals surface area (Å²) in [5.41, 5.74) is -0.744. The molecule has 1 aromatic rings. The minimum absolute atomic E-state index is 0.356. The molecule has 0 saturated carbocycles. The molecule has 0 bridgehead atoms. The molecule has 0 aliphatic carbocycles. The van der Waals surface area contributed by atoms with Crippen LogP contribution >= 0.6 is 0 Å². The molecule has 18 heavy (non-hydrogen) atoms. The summed E-state index contributed by atoms with van der Waals surface area (Å²) in [5.74, 6) is 1.99. The second-order valence-electron chi connectivity index (χ2n) is 4.44. The summed E-state index contributed by atoms with van der Waals surface area (Å²) in [7, 11) is 3.40. The van der Waals surface area contributed by atoms with Gasteiger partial charge in [0, 0.05) is 26.8 Å². The van der Waals surface area contributed by atoms with Gasteiger partial charge in [-0.25, -0.2) is 9.97 Å². The number of ether oxygens (including phenoxy) is 1. The van der Waals surface area contributed by atoms with Crippen molar-refractivity contribution in [2.45, 2.75) is 32.5 Å². The normalized spacial score (nSPS) is 14.1. The van der Waals surface area contributed by atoms with E-state index in [2.05, 4.69) is 20.6 Å². The fraction of sp³-hybridized carbons (Fsp3) is 0.667. The average molecular weight is 254 g/mol. The van der Waals surface area contributed by atoms with Crippen LogP contribution in [0.2, 0.25) is 0 Å². The number of nitrogens with zero attached hydrogens (tertiary/aromatic N) is 2. The van der Waals surface area contributed by atoms with Crippen LogP contribution in [0.25, 0.3) is 0 Å². The summed E-state index contributed by atoms with van der Waals surface area (Å²) >= 11 is 0. The molecule has 0 saturated heterocycles. The van der Waals surface area contributed by atoms with E-state index in [0.717, 1.165) is 5.82 Å². The molecule has 0 fully saturated rings. The predicted octanol–water partition coefficient (Wildman–Crippen LogP) is 1.24. The van der Waals surface area contributed by atoms with Crippen LogP contribution in [0.15, 0.2) is 6.07 Å². The smallest absolute Gasteiger partial charge is 0.158 e. The van der Waals surface area contributed by atoms with Crippen LogP contribution in [0.1, 0.15) is 26.1 Å². The highest BCUT2D eigenvalue weighted by Crippen LogP contribution is 2.14. The maximum atomic E-state index is 9.94. The molecule has 1 atom stereocenters. The number of rotatable bonds is 7. The molecule has 0 aliphatic rings. The first-order chi connectivity index (χ1) is 8.50. The number of aliphatic hydroxyl groups is 1. The summed E-state index contributed by atoms with van der Waals surface area (Å²) < 4.78 is 5.02. The molecule has 6 heteroatoms. The number of hydrogen-bond donors (Lipinski definition) is 3. The number of aromatic nitrogens is 2. The third-order valence-corrected chi connectivity index (χ3v) is 2.71. The maximum absolute atomic E-state index is 9.94. The highest BCUT2D eigenvalue weighted by atomic mass is 16.5. The lowest BCUT2D eigenvalue weighted by Crippen LogP contribution is -2.32. The van der Waals surface area contributed by atoms with Crippen molar-refractivity contribution in [1.82, 2.24) is 9.97 Å². The van der Waals surface area contributed by atoms with Crippen molar-refractivity contribution in [3.05, 3.63) is 11.9 Å². The van der Waals surface area contributed by atoms with Crippen molar-refractivity contribution < 1.29 is 9.84 Å². The van der Waals surface area contributed by atoms with Gasteiger partial charge < -0.3 is 20.5 Å². The number of anilines is 2. The second kappa shape index (κ2) is 6.51. The SMILES string of the molecule is CCC(C)(O)CNc1cc(NC)nc(COC)n1. The van der Waals surface area contributed by atoms with Crippen LogP contribution in [0.4, 0.5) is 11.6 Å². The Labute approximate surface area is 108 Å². The van der Waals surface area contributed by atoms with Gasteiger partial charge in [0.05, 0.1) is 5.60 Å². The van der Waals surface area contributed by atoms with Gasteiger partial charge in [-0.1, -0.05) is 6.92 Å². The highest BCUT2D eigenvalue weighted by molar-refractivity contribution is 5.47. The van der Waals surface area contributed by atoms with Crippen LogP contribution < -0.4 is 10.6 Å². The molecule has 1 rings (SSSR count). The van der Waals surface area contributed by atoms with Gasteiger partial charge in [0.25, 0.3) is 0 Å². The maximum Gasteiger partial charge on any atom is 0.158 e. The summed E-state index contributed by atoms with van der Waals surface area (Å²) in [5, 5.41) is 16.0. The second-order valence-corrected chi connectivity index (χ2v) is 4.44. The van der Waals surface area contributed by atoms with Gasteiger partial charge in [0.1, 0.15) is 18.2 Å². The van der Waals surface area contributed by atoms with Crippen molar-refractivity contribution in [2.75, 3.05) is 31.3 Å². The molecule has 1 unspecified atom stereocenters. The van der Waals surface area contributed by atoms with E-state index in [4.69, 9.17) is 4.74 Å². The Morgan fingerprint density at radius 2 is 2.06 bits per heavy atom. The molecular formula is C12H22N4O2. The summed E-state index contributed by atoms with van der Waals surface area (Å²) in [6.45, 7) is 4.53. The first-order valence-electron chi connectivity index (χ1n) is 6.01. The van der Waals surface area contributed by atoms with E-state index >= 15 is 0 Å². The van der Waals surface area contributed by atoms with Gasteiger partial charge in [-0.05, 0) is 13.3 Å². The van der Waals surface area contributed by atoms with E-state index in [9.17, 15) is 5.11 Å². The Morgan fingerprint density at radius 1 is 1.39 bits per heavy atom. The Balaban J connectivity index is 2.78. The van der Waals surface area contributed by atoms with Gasteiger partial charge in [-0.2, -0.15) is 0 Å². The summed E-state index contributed by atoms with van der Waals surface area (Å²) in [6, 6.07) is 1.80. The molecule has 0 spiro atoms. The minimum Gasteiger partial charge on any atom is -0.388 e. The minimum atomic E-state index is -0.744. The van der Waals surface area contributed by atoms with Crippen LogP contribution in [-0.2, 0) is 11.3 Å². The third kappa shape index (κ3) is 4.46. The van der Waals surface area contributed by atoms with Crippen LogP contribution in [0, 0.1) is 0 Å². The lowest BCUT2D eigenvalue weighted by Gasteiger charge is -2.22. The zero-order valence-corrected chi connectivity index (χ0v) is 11.4. The first-order valence-corrected chi connectivity index (χ1v) is 6.01. The molecule has 102 valence electrons. The molecule has 0 aromatic carbocycles. The predicted molar refractivity (Wildman–Crippen MR) is 71.7 cm³/mol. The third-order valence-electron chi connectivity index (χ3n) is 2.71. The lowest BCUT2D eigenvalue weighted by atomic mass is 10.0. The van der Waals surface area contributed by atoms with Crippen molar-refractivity contribution in [2.24, 2.45) is 0 Å². The summed E-state index contributed by atoms with van der Waals surface area (Å²) in [4.78, 5) is 8.57. The van der Waals surface area contributed by atoms with Crippen molar-refractivity contribution in [1.29, 1.82) is 0 Å². The lowest BCUT2D eigenvalue weighted by molar-refractivity contribution is 0.0696. The van der Waals surface area contributed by atoms with Gasteiger partial charge in [-0.3, -0.25) is 0 Å². The van der Waals surface area contributed by atoms with Crippen LogP contribution in [-0.4, -0.2) is 41.4 Å². The molecule has 0 amide bonds. The van der Waals surface area contributed by atoms with E-state index in [1.807, 2.05) is 6.92 Å². The summed E-state index contributed by atoms with van der Waals surface area (Å²) in [6.07, 6.45) is 0.675. The van der Waals surface area contributed by atoms with Gasteiger partial charge in [-0.15, -0.1) is 0 Å². The van der Waals surface area contributed by atoms with Gasteiger partial charge in [0.15, 0.2) is 5.82 Å². The molecule has 0 radical (unpaired) electrons. The number of nitrogens with one attached hydrogen (secondary N) is 2. The zero-order chi connectivity index (χ0) is 13.6. The van der Waals surface area contributed by atoms with E-state index < -0.39 is 5.60 Å². The Bertz CT molecular complexity index is 382. The number of methoxy groups -OCH3 is 1.